The Balaban J connectivity index is 3.55. The summed E-state index contributed by atoms with van der Waals surface area (Å²) >= 11 is 0. The van der Waals surface area contributed by atoms with Crippen molar-refractivity contribution in [3.05, 3.63) is 34.4 Å². The van der Waals surface area contributed by atoms with E-state index in [4.69, 9.17) is 0 Å². The second-order valence-corrected chi connectivity index (χ2v) is 3.56. The number of carbonyl (C=O) groups is 1. The van der Waals surface area contributed by atoms with E-state index >= 15 is 0 Å². The summed E-state index contributed by atoms with van der Waals surface area (Å²) in [6, 6.07) is 2.70. The van der Waals surface area contributed by atoms with Gasteiger partial charge in [-0.15, -0.1) is 0 Å². The van der Waals surface area contributed by atoms with Crippen molar-refractivity contribution >= 4 is 5.78 Å². The Morgan fingerprint density at radius 1 is 1.20 bits per heavy atom. The van der Waals surface area contributed by atoms with Gasteiger partial charge in [-0.05, 0) is 32.4 Å². The van der Waals surface area contributed by atoms with Gasteiger partial charge in [-0.2, -0.15) is 13.2 Å². The van der Waals surface area contributed by atoms with Gasteiger partial charge in [0.15, 0.2) is 5.78 Å². The van der Waals surface area contributed by atoms with Crippen molar-refractivity contribution in [2.24, 2.45) is 0 Å². The van der Waals surface area contributed by atoms with Crippen LogP contribution in [0.3, 0.4) is 0 Å². The van der Waals surface area contributed by atoms with E-state index in [0.29, 0.717) is 5.56 Å². The van der Waals surface area contributed by atoms with Crippen molar-refractivity contribution in [2.45, 2.75) is 26.9 Å². The van der Waals surface area contributed by atoms with Crippen LogP contribution in [0.4, 0.5) is 13.2 Å². The van der Waals surface area contributed by atoms with Gasteiger partial charge in [-0.25, -0.2) is 0 Å². The summed E-state index contributed by atoms with van der Waals surface area (Å²) in [5, 5.41) is 0. The average molecular weight is 216 g/mol. The van der Waals surface area contributed by atoms with Gasteiger partial charge in [0.25, 0.3) is 0 Å². The molecule has 1 aromatic rings. The predicted molar refractivity (Wildman–Crippen MR) is 50.9 cm³/mol. The van der Waals surface area contributed by atoms with E-state index in [9.17, 15) is 18.0 Å². The SMILES string of the molecule is CC(=O)c1cc(C)cc(C)c1C(F)(F)F. The molecule has 0 amide bonds. The number of halogens is 3. The highest BCUT2D eigenvalue weighted by molar-refractivity contribution is 5.96. The Morgan fingerprint density at radius 3 is 2.13 bits per heavy atom. The molecule has 0 aliphatic rings. The number of hydrogen-bond donors (Lipinski definition) is 0. The molecule has 0 saturated carbocycles. The molecule has 1 aromatic carbocycles. The Kier molecular flexibility index (Phi) is 2.88. The number of rotatable bonds is 1. The van der Waals surface area contributed by atoms with E-state index in [-0.39, 0.29) is 11.1 Å². The summed E-state index contributed by atoms with van der Waals surface area (Å²) in [6.07, 6.45) is -4.47. The minimum atomic E-state index is -4.47. The normalized spacial score (nSPS) is 11.6. The zero-order chi connectivity index (χ0) is 11.8. The Bertz CT molecular complexity index is 405. The molecule has 0 saturated heterocycles. The Labute approximate surface area is 85.9 Å². The van der Waals surface area contributed by atoms with Crippen molar-refractivity contribution < 1.29 is 18.0 Å². The number of Topliss-reactive ketones (excluding diaryl/α,β-unsaturated/α-hetero) is 1. The van der Waals surface area contributed by atoms with Crippen molar-refractivity contribution in [1.29, 1.82) is 0 Å². The number of benzene rings is 1. The van der Waals surface area contributed by atoms with Gasteiger partial charge in [-0.3, -0.25) is 4.79 Å². The van der Waals surface area contributed by atoms with Crippen LogP contribution in [0.2, 0.25) is 0 Å². The first-order chi connectivity index (χ1) is 6.73. The third-order valence-electron chi connectivity index (χ3n) is 2.14. The van der Waals surface area contributed by atoms with E-state index in [1.54, 1.807) is 6.92 Å². The lowest BCUT2D eigenvalue weighted by Gasteiger charge is -2.14. The van der Waals surface area contributed by atoms with Crippen molar-refractivity contribution in [3.63, 3.8) is 0 Å². The first-order valence-corrected chi connectivity index (χ1v) is 4.43. The molecule has 0 spiro atoms. The zero-order valence-corrected chi connectivity index (χ0v) is 8.70. The fraction of sp³-hybridized carbons (Fsp3) is 0.364. The molecule has 0 N–H and O–H groups in total. The van der Waals surface area contributed by atoms with Crippen LogP contribution in [0.1, 0.15) is 34.0 Å². The van der Waals surface area contributed by atoms with Gasteiger partial charge >= 0.3 is 6.18 Å². The molecule has 0 fully saturated rings. The Hall–Kier alpha value is -1.32. The van der Waals surface area contributed by atoms with E-state index in [1.165, 1.54) is 19.1 Å². The predicted octanol–water partition coefficient (Wildman–Crippen LogP) is 3.52. The molecular formula is C11H11F3O. The van der Waals surface area contributed by atoms with Crippen LogP contribution >= 0.6 is 0 Å². The maximum atomic E-state index is 12.6. The maximum absolute atomic E-state index is 12.6. The molecule has 0 aliphatic carbocycles. The first-order valence-electron chi connectivity index (χ1n) is 4.43. The highest BCUT2D eigenvalue weighted by Gasteiger charge is 2.36. The van der Waals surface area contributed by atoms with Gasteiger partial charge in [0, 0.05) is 5.56 Å². The largest absolute Gasteiger partial charge is 0.417 e. The van der Waals surface area contributed by atoms with Crippen LogP contribution in [0.5, 0.6) is 0 Å². The van der Waals surface area contributed by atoms with Crippen LogP contribution in [0.25, 0.3) is 0 Å². The number of carbonyl (C=O) groups excluding carboxylic acids is 1. The van der Waals surface area contributed by atoms with Crippen molar-refractivity contribution in [2.75, 3.05) is 0 Å². The third-order valence-corrected chi connectivity index (χ3v) is 2.14. The monoisotopic (exact) mass is 216 g/mol. The van der Waals surface area contributed by atoms with E-state index in [2.05, 4.69) is 0 Å². The second kappa shape index (κ2) is 3.68. The fourth-order valence-corrected chi connectivity index (χ4v) is 1.62. The molecule has 0 aliphatic heterocycles. The van der Waals surface area contributed by atoms with Gasteiger partial charge in [-0.1, -0.05) is 11.6 Å². The molecule has 0 bridgehead atoms. The van der Waals surface area contributed by atoms with E-state index in [1.807, 2.05) is 0 Å². The van der Waals surface area contributed by atoms with Gasteiger partial charge in [0.05, 0.1) is 5.56 Å². The number of ketones is 1. The molecule has 0 radical (unpaired) electrons. The standard InChI is InChI=1S/C11H11F3O/c1-6-4-7(2)10(11(12,13)14)9(5-6)8(3)15/h4-5H,1-3H3. The molecular weight excluding hydrogens is 205 g/mol. The van der Waals surface area contributed by atoms with Crippen LogP contribution in [-0.4, -0.2) is 5.78 Å². The van der Waals surface area contributed by atoms with Gasteiger partial charge in [0.2, 0.25) is 0 Å². The lowest BCUT2D eigenvalue weighted by atomic mass is 9.96. The average Bonchev–Trinajstić information content (AvgIpc) is 1.99. The summed E-state index contributed by atoms with van der Waals surface area (Å²) in [7, 11) is 0. The van der Waals surface area contributed by atoms with E-state index in [0.717, 1.165) is 6.92 Å². The fourth-order valence-electron chi connectivity index (χ4n) is 1.62. The zero-order valence-electron chi connectivity index (χ0n) is 8.70. The molecule has 0 heterocycles. The molecule has 0 unspecified atom stereocenters. The number of aryl methyl sites for hydroxylation is 2. The summed E-state index contributed by atoms with van der Waals surface area (Å²) in [5.41, 5.74) is -0.320. The summed E-state index contributed by atoms with van der Waals surface area (Å²) in [6.45, 7) is 4.17. The lowest BCUT2D eigenvalue weighted by molar-refractivity contribution is -0.138. The summed E-state index contributed by atoms with van der Waals surface area (Å²) in [4.78, 5) is 11.1. The third kappa shape index (κ3) is 2.37. The van der Waals surface area contributed by atoms with Gasteiger partial charge in [0.1, 0.15) is 0 Å². The second-order valence-electron chi connectivity index (χ2n) is 3.56. The molecule has 1 rings (SSSR count). The van der Waals surface area contributed by atoms with Crippen molar-refractivity contribution in [3.8, 4) is 0 Å². The molecule has 0 aromatic heterocycles. The smallest absolute Gasteiger partial charge is 0.294 e. The summed E-state index contributed by atoms with van der Waals surface area (Å²) in [5.74, 6) is -0.561. The molecule has 1 nitrogen and oxygen atoms in total. The van der Waals surface area contributed by atoms with Crippen molar-refractivity contribution in [1.82, 2.24) is 0 Å². The maximum Gasteiger partial charge on any atom is 0.417 e. The molecule has 0 atom stereocenters. The molecule has 82 valence electrons. The Morgan fingerprint density at radius 2 is 1.73 bits per heavy atom. The highest BCUT2D eigenvalue weighted by Crippen LogP contribution is 2.35. The van der Waals surface area contributed by atoms with E-state index < -0.39 is 17.5 Å². The topological polar surface area (TPSA) is 17.1 Å². The highest BCUT2D eigenvalue weighted by atomic mass is 19.4. The van der Waals surface area contributed by atoms with Crippen LogP contribution in [-0.2, 0) is 6.18 Å². The minimum Gasteiger partial charge on any atom is -0.294 e. The molecule has 4 heteroatoms. The summed E-state index contributed by atoms with van der Waals surface area (Å²) < 4.78 is 37.9. The number of alkyl halides is 3. The first kappa shape index (κ1) is 11.8. The number of hydrogen-bond acceptors (Lipinski definition) is 1. The van der Waals surface area contributed by atoms with Crippen LogP contribution in [0, 0.1) is 13.8 Å². The lowest BCUT2D eigenvalue weighted by Crippen LogP contribution is -2.14. The molecule has 15 heavy (non-hydrogen) atoms. The van der Waals surface area contributed by atoms with Gasteiger partial charge < -0.3 is 0 Å². The quantitative estimate of drug-likeness (QED) is 0.656. The van der Waals surface area contributed by atoms with Crippen LogP contribution in [0.15, 0.2) is 12.1 Å². The minimum absolute atomic E-state index is 0.0905. The van der Waals surface area contributed by atoms with Crippen LogP contribution < -0.4 is 0 Å².